The van der Waals surface area contributed by atoms with E-state index < -0.39 is 11.9 Å². The summed E-state index contributed by atoms with van der Waals surface area (Å²) in [7, 11) is 0. The van der Waals surface area contributed by atoms with Gasteiger partial charge in [0.1, 0.15) is 5.75 Å². The molecule has 16 heavy (non-hydrogen) atoms. The van der Waals surface area contributed by atoms with Crippen LogP contribution in [0.15, 0.2) is 36.5 Å². The maximum absolute atomic E-state index is 12.4. The number of benzene rings is 1. The summed E-state index contributed by atoms with van der Waals surface area (Å²) in [5.74, 6) is -0.00639. The van der Waals surface area contributed by atoms with E-state index in [1.807, 2.05) is 5.10 Å². The average Bonchev–Trinajstić information content (AvgIpc) is 2.67. The molecular formula is C10H7F3N2O. The van der Waals surface area contributed by atoms with Crippen LogP contribution in [0.3, 0.4) is 0 Å². The van der Waals surface area contributed by atoms with Crippen LogP contribution in [0, 0.1) is 0 Å². The molecule has 0 saturated carbocycles. The Kier molecular flexibility index (Phi) is 2.55. The Morgan fingerprint density at radius 3 is 2.44 bits per heavy atom. The third-order valence-corrected chi connectivity index (χ3v) is 1.86. The third kappa shape index (κ3) is 2.16. The van der Waals surface area contributed by atoms with Gasteiger partial charge in [-0.05, 0) is 12.1 Å². The largest absolute Gasteiger partial charge is 0.453 e. The molecule has 1 N–H and O–H groups in total. The number of nitrogens with one attached hydrogen (secondary N) is 1. The third-order valence-electron chi connectivity index (χ3n) is 1.86. The van der Waals surface area contributed by atoms with Gasteiger partial charge in [0.15, 0.2) is 11.4 Å². The van der Waals surface area contributed by atoms with Crippen LogP contribution in [0.25, 0.3) is 0 Å². The summed E-state index contributed by atoms with van der Waals surface area (Å²) >= 11 is 0. The van der Waals surface area contributed by atoms with Gasteiger partial charge in [0, 0.05) is 0 Å². The fourth-order valence-corrected chi connectivity index (χ4v) is 1.17. The van der Waals surface area contributed by atoms with Crippen molar-refractivity contribution in [3.05, 3.63) is 42.2 Å². The van der Waals surface area contributed by atoms with Crippen LogP contribution < -0.4 is 4.74 Å². The minimum absolute atomic E-state index is 0.328. The number of hydrogen-bond donors (Lipinski definition) is 1. The number of aromatic nitrogens is 2. The smallest absolute Gasteiger partial charge is 0.436 e. The molecule has 2 aromatic rings. The summed E-state index contributed by atoms with van der Waals surface area (Å²) in [6, 6.07) is 8.21. The van der Waals surface area contributed by atoms with E-state index in [-0.39, 0.29) is 5.75 Å². The van der Waals surface area contributed by atoms with E-state index in [2.05, 4.69) is 5.10 Å². The van der Waals surface area contributed by atoms with Gasteiger partial charge in [0.2, 0.25) is 0 Å². The van der Waals surface area contributed by atoms with Crippen molar-refractivity contribution in [2.45, 2.75) is 6.18 Å². The average molecular weight is 228 g/mol. The van der Waals surface area contributed by atoms with Crippen LogP contribution in [-0.2, 0) is 6.18 Å². The summed E-state index contributed by atoms with van der Waals surface area (Å²) in [6.45, 7) is 0. The van der Waals surface area contributed by atoms with E-state index in [4.69, 9.17) is 4.74 Å². The normalized spacial score (nSPS) is 11.4. The van der Waals surface area contributed by atoms with Gasteiger partial charge >= 0.3 is 6.18 Å². The molecule has 0 unspecified atom stereocenters. The number of hydrogen-bond acceptors (Lipinski definition) is 2. The fourth-order valence-electron chi connectivity index (χ4n) is 1.17. The van der Waals surface area contributed by atoms with Gasteiger partial charge in [-0.2, -0.15) is 18.3 Å². The number of nitrogens with zero attached hydrogens (tertiary/aromatic N) is 1. The lowest BCUT2D eigenvalue weighted by atomic mass is 10.3. The predicted molar refractivity (Wildman–Crippen MR) is 50.1 cm³/mol. The molecule has 0 amide bonds. The van der Waals surface area contributed by atoms with Crippen LogP contribution in [0.2, 0.25) is 0 Å². The van der Waals surface area contributed by atoms with E-state index in [0.29, 0.717) is 5.75 Å². The maximum Gasteiger partial charge on any atom is 0.436 e. The van der Waals surface area contributed by atoms with Crippen LogP contribution in [0.1, 0.15) is 5.69 Å². The highest BCUT2D eigenvalue weighted by atomic mass is 19.4. The summed E-state index contributed by atoms with van der Waals surface area (Å²) in [6.07, 6.45) is -3.50. The van der Waals surface area contributed by atoms with Crippen molar-refractivity contribution in [3.63, 3.8) is 0 Å². The Hall–Kier alpha value is -1.98. The molecule has 1 aromatic carbocycles. The van der Waals surface area contributed by atoms with Gasteiger partial charge in [0.05, 0.1) is 6.20 Å². The molecule has 0 saturated heterocycles. The van der Waals surface area contributed by atoms with Crippen LogP contribution >= 0.6 is 0 Å². The first-order valence-corrected chi connectivity index (χ1v) is 4.41. The van der Waals surface area contributed by atoms with Crippen molar-refractivity contribution in [1.29, 1.82) is 0 Å². The molecule has 0 fully saturated rings. The predicted octanol–water partition coefficient (Wildman–Crippen LogP) is 3.22. The van der Waals surface area contributed by atoms with Gasteiger partial charge < -0.3 is 4.74 Å². The zero-order valence-electron chi connectivity index (χ0n) is 7.95. The molecule has 1 aromatic heterocycles. The Morgan fingerprint density at radius 1 is 1.12 bits per heavy atom. The van der Waals surface area contributed by atoms with Gasteiger partial charge in [0.25, 0.3) is 0 Å². The monoisotopic (exact) mass is 228 g/mol. The molecule has 0 aliphatic rings. The molecule has 0 radical (unpaired) electrons. The molecule has 2 rings (SSSR count). The molecule has 84 valence electrons. The van der Waals surface area contributed by atoms with Crippen molar-refractivity contribution in [2.24, 2.45) is 0 Å². The summed E-state index contributed by atoms with van der Waals surface area (Å²) in [4.78, 5) is 0. The lowest BCUT2D eigenvalue weighted by Gasteiger charge is -2.07. The maximum atomic E-state index is 12.4. The molecule has 1 heterocycles. The number of rotatable bonds is 2. The topological polar surface area (TPSA) is 37.9 Å². The Balaban J connectivity index is 2.26. The summed E-state index contributed by atoms with van der Waals surface area (Å²) in [5.41, 5.74) is -0.989. The highest BCUT2D eigenvalue weighted by molar-refractivity contribution is 5.33. The van der Waals surface area contributed by atoms with E-state index in [1.54, 1.807) is 30.3 Å². The van der Waals surface area contributed by atoms with Crippen molar-refractivity contribution in [2.75, 3.05) is 0 Å². The first kappa shape index (κ1) is 10.5. The Bertz CT molecular complexity index is 464. The standard InChI is InChI=1S/C10H7F3N2O/c11-10(12,13)9-8(6-14-15-9)16-7-4-2-1-3-5-7/h1-6H,(H,14,15). The first-order valence-electron chi connectivity index (χ1n) is 4.41. The minimum atomic E-state index is -4.50. The molecular weight excluding hydrogens is 221 g/mol. The zero-order chi connectivity index (χ0) is 11.6. The van der Waals surface area contributed by atoms with Crippen LogP contribution in [0.5, 0.6) is 11.5 Å². The van der Waals surface area contributed by atoms with Crippen molar-refractivity contribution >= 4 is 0 Å². The van der Waals surface area contributed by atoms with E-state index in [1.165, 1.54) is 0 Å². The van der Waals surface area contributed by atoms with Crippen molar-refractivity contribution in [1.82, 2.24) is 10.2 Å². The number of halogens is 3. The number of alkyl halides is 3. The summed E-state index contributed by atoms with van der Waals surface area (Å²) in [5, 5.41) is 5.18. The number of para-hydroxylation sites is 1. The zero-order valence-corrected chi connectivity index (χ0v) is 7.95. The number of aromatic amines is 1. The second kappa shape index (κ2) is 3.88. The molecule has 0 spiro atoms. The molecule has 0 aliphatic heterocycles. The van der Waals surface area contributed by atoms with Crippen LogP contribution in [0.4, 0.5) is 13.2 Å². The van der Waals surface area contributed by atoms with E-state index in [9.17, 15) is 13.2 Å². The van der Waals surface area contributed by atoms with Crippen molar-refractivity contribution in [3.8, 4) is 11.5 Å². The second-order valence-corrected chi connectivity index (χ2v) is 3.02. The molecule has 0 aliphatic carbocycles. The van der Waals surface area contributed by atoms with Crippen LogP contribution in [-0.4, -0.2) is 10.2 Å². The lowest BCUT2D eigenvalue weighted by Crippen LogP contribution is -2.07. The highest BCUT2D eigenvalue weighted by Gasteiger charge is 2.36. The van der Waals surface area contributed by atoms with Gasteiger partial charge in [-0.3, -0.25) is 5.10 Å². The minimum Gasteiger partial charge on any atom is -0.453 e. The van der Waals surface area contributed by atoms with E-state index >= 15 is 0 Å². The number of H-pyrrole nitrogens is 1. The number of ether oxygens (including phenoxy) is 1. The first-order chi connectivity index (χ1) is 7.57. The highest BCUT2D eigenvalue weighted by Crippen LogP contribution is 2.36. The quantitative estimate of drug-likeness (QED) is 0.856. The van der Waals surface area contributed by atoms with Gasteiger partial charge in [-0.15, -0.1) is 0 Å². The Labute approximate surface area is 88.9 Å². The lowest BCUT2D eigenvalue weighted by molar-refractivity contribution is -0.142. The second-order valence-electron chi connectivity index (χ2n) is 3.02. The molecule has 0 bridgehead atoms. The SMILES string of the molecule is FC(F)(F)c1[nH]ncc1Oc1ccccc1. The Morgan fingerprint density at radius 2 is 1.81 bits per heavy atom. The fraction of sp³-hybridized carbons (Fsp3) is 0.100. The molecule has 3 nitrogen and oxygen atoms in total. The molecule has 0 atom stereocenters. The molecule has 6 heteroatoms. The van der Waals surface area contributed by atoms with E-state index in [0.717, 1.165) is 6.20 Å². The van der Waals surface area contributed by atoms with Gasteiger partial charge in [-0.25, -0.2) is 0 Å². The summed E-state index contributed by atoms with van der Waals surface area (Å²) < 4.78 is 42.4. The van der Waals surface area contributed by atoms with Gasteiger partial charge in [-0.1, -0.05) is 18.2 Å². The van der Waals surface area contributed by atoms with Crippen molar-refractivity contribution < 1.29 is 17.9 Å².